The number of nitrogens with zero attached hydrogens (tertiary/aromatic N) is 1. The standard InChI is InChI=1S/C15H21BrN2S/c1-10(2)11-5-7-18(8-6-11)14-4-3-12(16)9-13(14)15(17)19/h3-4,9-11H,5-8H2,1-2H3,(H2,17,19). The molecule has 0 aliphatic carbocycles. The first-order chi connectivity index (χ1) is 8.99. The highest BCUT2D eigenvalue weighted by atomic mass is 79.9. The fourth-order valence-corrected chi connectivity index (χ4v) is 3.31. The predicted octanol–water partition coefficient (Wildman–Crippen LogP) is 3.96. The first kappa shape index (κ1) is 14.8. The van der Waals surface area contributed by atoms with E-state index >= 15 is 0 Å². The Balaban J connectivity index is 2.17. The summed E-state index contributed by atoms with van der Waals surface area (Å²) in [5.74, 6) is 1.63. The number of anilines is 1. The molecule has 1 heterocycles. The second-order valence-corrected chi connectivity index (χ2v) is 6.95. The van der Waals surface area contributed by atoms with Crippen molar-refractivity contribution in [3.8, 4) is 0 Å². The summed E-state index contributed by atoms with van der Waals surface area (Å²) in [6, 6.07) is 6.20. The molecule has 2 rings (SSSR count). The second kappa shape index (κ2) is 6.23. The molecule has 0 bridgehead atoms. The number of thiocarbonyl (C=S) groups is 1. The Morgan fingerprint density at radius 1 is 1.37 bits per heavy atom. The third-order valence-electron chi connectivity index (χ3n) is 4.05. The molecule has 104 valence electrons. The summed E-state index contributed by atoms with van der Waals surface area (Å²) in [5, 5.41) is 0. The minimum atomic E-state index is 0.474. The zero-order chi connectivity index (χ0) is 14.0. The van der Waals surface area contributed by atoms with E-state index in [0.717, 1.165) is 35.0 Å². The van der Waals surface area contributed by atoms with Gasteiger partial charge in [-0.2, -0.15) is 0 Å². The van der Waals surface area contributed by atoms with E-state index in [-0.39, 0.29) is 0 Å². The van der Waals surface area contributed by atoms with E-state index in [1.807, 2.05) is 6.07 Å². The van der Waals surface area contributed by atoms with Crippen LogP contribution in [0.5, 0.6) is 0 Å². The molecule has 1 aliphatic rings. The van der Waals surface area contributed by atoms with Crippen molar-refractivity contribution in [2.24, 2.45) is 17.6 Å². The lowest BCUT2D eigenvalue weighted by Crippen LogP contribution is -2.36. The van der Waals surface area contributed by atoms with E-state index in [4.69, 9.17) is 18.0 Å². The van der Waals surface area contributed by atoms with Crippen molar-refractivity contribution in [3.05, 3.63) is 28.2 Å². The van der Waals surface area contributed by atoms with Crippen LogP contribution in [0.2, 0.25) is 0 Å². The Morgan fingerprint density at radius 2 is 2.00 bits per heavy atom. The van der Waals surface area contributed by atoms with E-state index in [1.165, 1.54) is 18.5 Å². The van der Waals surface area contributed by atoms with E-state index in [2.05, 4.69) is 46.8 Å². The van der Waals surface area contributed by atoms with Crippen molar-refractivity contribution < 1.29 is 0 Å². The average molecular weight is 341 g/mol. The Hall–Kier alpha value is -0.610. The van der Waals surface area contributed by atoms with Gasteiger partial charge in [-0.15, -0.1) is 0 Å². The SMILES string of the molecule is CC(C)C1CCN(c2ccc(Br)cc2C(N)=S)CC1. The first-order valence-electron chi connectivity index (χ1n) is 6.83. The first-order valence-corrected chi connectivity index (χ1v) is 8.03. The highest BCUT2D eigenvalue weighted by molar-refractivity contribution is 9.10. The number of hydrogen-bond acceptors (Lipinski definition) is 2. The quantitative estimate of drug-likeness (QED) is 0.844. The minimum absolute atomic E-state index is 0.474. The highest BCUT2D eigenvalue weighted by Gasteiger charge is 2.23. The van der Waals surface area contributed by atoms with E-state index in [9.17, 15) is 0 Å². The molecule has 0 atom stereocenters. The number of piperidine rings is 1. The van der Waals surface area contributed by atoms with E-state index in [0.29, 0.717) is 4.99 Å². The van der Waals surface area contributed by atoms with Gasteiger partial charge in [0, 0.05) is 28.8 Å². The molecule has 1 aliphatic heterocycles. The molecule has 0 aromatic heterocycles. The van der Waals surface area contributed by atoms with Crippen molar-refractivity contribution in [1.29, 1.82) is 0 Å². The zero-order valence-corrected chi connectivity index (χ0v) is 13.9. The van der Waals surface area contributed by atoms with Crippen LogP contribution in [0, 0.1) is 11.8 Å². The van der Waals surface area contributed by atoms with Gasteiger partial charge in [0.15, 0.2) is 0 Å². The molecule has 0 radical (unpaired) electrons. The highest BCUT2D eigenvalue weighted by Crippen LogP contribution is 2.31. The number of nitrogens with two attached hydrogens (primary N) is 1. The fourth-order valence-electron chi connectivity index (χ4n) is 2.79. The number of hydrogen-bond donors (Lipinski definition) is 1. The molecule has 1 saturated heterocycles. The Labute approximate surface area is 129 Å². The van der Waals surface area contributed by atoms with Gasteiger partial charge in [0.1, 0.15) is 4.99 Å². The van der Waals surface area contributed by atoms with Crippen LogP contribution in [-0.4, -0.2) is 18.1 Å². The van der Waals surface area contributed by atoms with Crippen LogP contribution in [0.1, 0.15) is 32.3 Å². The maximum Gasteiger partial charge on any atom is 0.106 e. The van der Waals surface area contributed by atoms with Gasteiger partial charge in [0.25, 0.3) is 0 Å². The molecule has 1 fully saturated rings. The van der Waals surface area contributed by atoms with Crippen molar-refractivity contribution in [1.82, 2.24) is 0 Å². The molecule has 0 unspecified atom stereocenters. The predicted molar refractivity (Wildman–Crippen MR) is 89.8 cm³/mol. The summed E-state index contributed by atoms with van der Waals surface area (Å²) >= 11 is 8.66. The van der Waals surface area contributed by atoms with Crippen LogP contribution in [0.3, 0.4) is 0 Å². The summed E-state index contributed by atoms with van der Waals surface area (Å²) in [4.78, 5) is 2.89. The normalized spacial score (nSPS) is 16.9. The van der Waals surface area contributed by atoms with Gasteiger partial charge in [-0.25, -0.2) is 0 Å². The third kappa shape index (κ3) is 3.48. The van der Waals surface area contributed by atoms with E-state index < -0.39 is 0 Å². The fraction of sp³-hybridized carbons (Fsp3) is 0.533. The smallest absolute Gasteiger partial charge is 0.106 e. The molecule has 0 saturated carbocycles. The minimum Gasteiger partial charge on any atom is -0.389 e. The van der Waals surface area contributed by atoms with Gasteiger partial charge in [-0.1, -0.05) is 42.0 Å². The maximum absolute atomic E-state index is 5.85. The van der Waals surface area contributed by atoms with Gasteiger partial charge in [-0.05, 0) is 42.9 Å². The molecule has 19 heavy (non-hydrogen) atoms. The molecule has 1 aromatic carbocycles. The molecule has 2 N–H and O–H groups in total. The van der Waals surface area contributed by atoms with Crippen LogP contribution in [0.4, 0.5) is 5.69 Å². The number of halogens is 1. The van der Waals surface area contributed by atoms with Crippen molar-refractivity contribution in [2.75, 3.05) is 18.0 Å². The van der Waals surface area contributed by atoms with Gasteiger partial charge >= 0.3 is 0 Å². The topological polar surface area (TPSA) is 29.3 Å². The van der Waals surface area contributed by atoms with Crippen LogP contribution in [0.15, 0.2) is 22.7 Å². The molecule has 0 amide bonds. The number of benzene rings is 1. The molecule has 4 heteroatoms. The lowest BCUT2D eigenvalue weighted by atomic mass is 9.86. The Kier molecular flexibility index (Phi) is 4.85. The maximum atomic E-state index is 5.85. The average Bonchev–Trinajstić information content (AvgIpc) is 2.38. The second-order valence-electron chi connectivity index (χ2n) is 5.59. The van der Waals surface area contributed by atoms with Crippen LogP contribution < -0.4 is 10.6 Å². The lowest BCUT2D eigenvalue weighted by molar-refractivity contribution is 0.311. The summed E-state index contributed by atoms with van der Waals surface area (Å²) in [5.41, 5.74) is 8.01. The third-order valence-corrected chi connectivity index (χ3v) is 4.76. The van der Waals surface area contributed by atoms with Crippen molar-refractivity contribution in [2.45, 2.75) is 26.7 Å². The molecule has 2 nitrogen and oxygen atoms in total. The summed E-state index contributed by atoms with van der Waals surface area (Å²) in [7, 11) is 0. The Bertz CT molecular complexity index is 465. The van der Waals surface area contributed by atoms with Crippen LogP contribution in [-0.2, 0) is 0 Å². The van der Waals surface area contributed by atoms with Gasteiger partial charge < -0.3 is 10.6 Å². The Morgan fingerprint density at radius 3 is 2.53 bits per heavy atom. The van der Waals surface area contributed by atoms with Crippen LogP contribution >= 0.6 is 28.1 Å². The number of rotatable bonds is 3. The lowest BCUT2D eigenvalue weighted by Gasteiger charge is -2.36. The van der Waals surface area contributed by atoms with Crippen LogP contribution in [0.25, 0.3) is 0 Å². The van der Waals surface area contributed by atoms with E-state index in [1.54, 1.807) is 0 Å². The molecule has 0 spiro atoms. The van der Waals surface area contributed by atoms with Crippen molar-refractivity contribution >= 4 is 38.8 Å². The summed E-state index contributed by atoms with van der Waals surface area (Å²) in [6.07, 6.45) is 2.51. The zero-order valence-electron chi connectivity index (χ0n) is 11.5. The molecular formula is C15H21BrN2S. The van der Waals surface area contributed by atoms with Gasteiger partial charge in [0.05, 0.1) is 0 Å². The van der Waals surface area contributed by atoms with Gasteiger partial charge in [0.2, 0.25) is 0 Å². The summed E-state index contributed by atoms with van der Waals surface area (Å²) < 4.78 is 1.02. The molecule has 1 aromatic rings. The monoisotopic (exact) mass is 340 g/mol. The van der Waals surface area contributed by atoms with Gasteiger partial charge in [-0.3, -0.25) is 0 Å². The van der Waals surface area contributed by atoms with Crippen molar-refractivity contribution in [3.63, 3.8) is 0 Å². The summed E-state index contributed by atoms with van der Waals surface area (Å²) in [6.45, 7) is 6.83. The largest absolute Gasteiger partial charge is 0.389 e. The molecular weight excluding hydrogens is 320 g/mol.